The van der Waals surface area contributed by atoms with Gasteiger partial charge < -0.3 is 0 Å². The van der Waals surface area contributed by atoms with Gasteiger partial charge in [0.25, 0.3) is 0 Å². The number of unbranched alkanes of at least 4 members (excludes halogenated alkanes) is 1. The highest BCUT2D eigenvalue weighted by molar-refractivity contribution is 5.81. The van der Waals surface area contributed by atoms with Gasteiger partial charge in [0.1, 0.15) is 11.4 Å². The van der Waals surface area contributed by atoms with E-state index in [0.29, 0.717) is 18.0 Å². The Labute approximate surface area is 295 Å². The third-order valence-corrected chi connectivity index (χ3v) is 9.48. The first-order chi connectivity index (χ1) is 25.2. The fourth-order valence-electron chi connectivity index (χ4n) is 7.02. The van der Waals surface area contributed by atoms with Crippen molar-refractivity contribution in [1.82, 2.24) is 39.4 Å². The van der Waals surface area contributed by atoms with Gasteiger partial charge in [-0.3, -0.25) is 4.57 Å². The molecule has 0 bridgehead atoms. The predicted molar refractivity (Wildman–Crippen MR) is 198 cm³/mol. The van der Waals surface area contributed by atoms with Crippen LogP contribution >= 0.6 is 0 Å². The van der Waals surface area contributed by atoms with Gasteiger partial charge in [0.2, 0.25) is 0 Å². The van der Waals surface area contributed by atoms with E-state index >= 15 is 0 Å². The van der Waals surface area contributed by atoms with Crippen molar-refractivity contribution in [2.45, 2.75) is 38.3 Å². The number of fused-ring (bicyclic) bond motifs is 1. The maximum Gasteiger partial charge on any atom is 0.352 e. The van der Waals surface area contributed by atoms with E-state index in [9.17, 15) is 4.79 Å². The van der Waals surface area contributed by atoms with Crippen molar-refractivity contribution in [2.24, 2.45) is 0 Å². The zero-order valence-corrected chi connectivity index (χ0v) is 28.2. The molecule has 0 saturated carbocycles. The van der Waals surface area contributed by atoms with Gasteiger partial charge in [0.05, 0.1) is 12.7 Å². The molecular weight excluding hydrogens is 633 g/mol. The van der Waals surface area contributed by atoms with Gasteiger partial charge >= 0.3 is 5.69 Å². The van der Waals surface area contributed by atoms with E-state index in [4.69, 9.17) is 15.3 Å². The van der Waals surface area contributed by atoms with Crippen LogP contribution in [0, 0.1) is 0 Å². The van der Waals surface area contributed by atoms with Crippen molar-refractivity contribution in [3.05, 3.63) is 190 Å². The van der Waals surface area contributed by atoms with E-state index < -0.39 is 5.54 Å². The lowest BCUT2D eigenvalue weighted by Gasteiger charge is -2.36. The summed E-state index contributed by atoms with van der Waals surface area (Å²) in [5, 5.41) is 18.0. The van der Waals surface area contributed by atoms with E-state index in [1.807, 2.05) is 35.0 Å². The van der Waals surface area contributed by atoms with Crippen LogP contribution in [0.1, 0.15) is 47.8 Å². The number of aryl methyl sites for hydroxylation is 1. The average Bonchev–Trinajstić information content (AvgIpc) is 3.88. The van der Waals surface area contributed by atoms with Crippen molar-refractivity contribution in [3.8, 4) is 22.5 Å². The smallest absolute Gasteiger partial charge is 0.275 e. The summed E-state index contributed by atoms with van der Waals surface area (Å²) >= 11 is 0. The van der Waals surface area contributed by atoms with E-state index in [2.05, 4.69) is 126 Å². The molecule has 0 N–H and O–H groups in total. The molecule has 0 aliphatic rings. The maximum absolute atomic E-state index is 13.5. The normalized spacial score (nSPS) is 11.6. The Hall–Kier alpha value is -6.48. The van der Waals surface area contributed by atoms with Gasteiger partial charge in [-0.1, -0.05) is 153 Å². The Balaban J connectivity index is 1.23. The molecular formula is C42H36N8O. The molecule has 250 valence electrons. The number of tetrazole rings is 1. The molecule has 51 heavy (non-hydrogen) atoms. The van der Waals surface area contributed by atoms with Crippen LogP contribution in [0.3, 0.4) is 0 Å². The fraction of sp³-hybridized carbons (Fsp3) is 0.143. The highest BCUT2D eigenvalue weighted by atomic mass is 16.2. The first-order valence-corrected chi connectivity index (χ1v) is 17.3. The van der Waals surface area contributed by atoms with Gasteiger partial charge in [0, 0.05) is 18.1 Å². The number of hydrogen-bond donors (Lipinski definition) is 0. The molecule has 8 aromatic rings. The Morgan fingerprint density at radius 2 is 1.25 bits per heavy atom. The molecule has 0 aliphatic heterocycles. The van der Waals surface area contributed by atoms with E-state index in [1.54, 1.807) is 16.8 Å². The maximum atomic E-state index is 13.5. The summed E-state index contributed by atoms with van der Waals surface area (Å²) in [5.41, 5.74) is 6.52. The molecule has 0 spiro atoms. The first-order valence-electron chi connectivity index (χ1n) is 17.3. The summed E-state index contributed by atoms with van der Waals surface area (Å²) in [7, 11) is 0. The van der Waals surface area contributed by atoms with Gasteiger partial charge in [-0.2, -0.15) is 9.61 Å². The van der Waals surface area contributed by atoms with E-state index in [0.717, 1.165) is 64.0 Å². The summed E-state index contributed by atoms with van der Waals surface area (Å²) in [6.07, 6.45) is 4.31. The van der Waals surface area contributed by atoms with Gasteiger partial charge in [0.15, 0.2) is 11.5 Å². The molecule has 9 heteroatoms. The SMILES string of the molecule is CCCCc1nc2ccnn2c(=O)n1Cc1ccc(-c2ccccc2-c2nnnn2C(c2ccccc2)(c2ccccc2)c2ccccc2)cc1. The quantitative estimate of drug-likeness (QED) is 0.133. The molecule has 0 aliphatic carbocycles. The van der Waals surface area contributed by atoms with Crippen molar-refractivity contribution < 1.29 is 0 Å². The molecule has 8 rings (SSSR count). The standard InChI is InChI=1S/C42H36N8O/c1-2-3-23-38-44-39-28-29-43-49(39)41(51)48(38)30-31-24-26-32(27-25-31)36-21-13-14-22-37(36)40-45-46-47-50(40)42(33-15-7-4-8-16-33,34-17-9-5-10-18-34)35-19-11-6-12-20-35/h4-22,24-29H,2-3,23,30H2,1H3. The van der Waals surface area contributed by atoms with Crippen molar-refractivity contribution >= 4 is 5.65 Å². The molecule has 0 fully saturated rings. The molecule has 0 radical (unpaired) electrons. The summed E-state index contributed by atoms with van der Waals surface area (Å²) < 4.78 is 5.07. The second-order valence-electron chi connectivity index (χ2n) is 12.6. The fourth-order valence-corrected chi connectivity index (χ4v) is 7.02. The monoisotopic (exact) mass is 668 g/mol. The minimum absolute atomic E-state index is 0.184. The zero-order chi connectivity index (χ0) is 34.6. The molecule has 3 aromatic heterocycles. The number of hydrogen-bond acceptors (Lipinski definition) is 6. The number of rotatable bonds is 11. The number of benzene rings is 5. The molecule has 0 amide bonds. The molecule has 5 aromatic carbocycles. The van der Waals surface area contributed by atoms with Crippen molar-refractivity contribution in [3.63, 3.8) is 0 Å². The minimum atomic E-state index is -0.869. The molecule has 3 heterocycles. The highest BCUT2D eigenvalue weighted by Crippen LogP contribution is 2.43. The van der Waals surface area contributed by atoms with Crippen LogP contribution in [0.15, 0.2) is 157 Å². The summed E-state index contributed by atoms with van der Waals surface area (Å²) in [5.74, 6) is 1.41. The second kappa shape index (κ2) is 13.8. The molecule has 0 saturated heterocycles. The van der Waals surface area contributed by atoms with E-state index in [-0.39, 0.29) is 5.69 Å². The Bertz CT molecular complexity index is 2350. The number of aromatic nitrogens is 8. The van der Waals surface area contributed by atoms with Crippen LogP contribution in [-0.2, 0) is 18.5 Å². The van der Waals surface area contributed by atoms with Crippen molar-refractivity contribution in [1.29, 1.82) is 0 Å². The second-order valence-corrected chi connectivity index (χ2v) is 12.6. The Morgan fingerprint density at radius 3 is 1.86 bits per heavy atom. The Morgan fingerprint density at radius 1 is 0.667 bits per heavy atom. The zero-order valence-electron chi connectivity index (χ0n) is 28.2. The largest absolute Gasteiger partial charge is 0.352 e. The lowest BCUT2D eigenvalue weighted by molar-refractivity contribution is 0.451. The van der Waals surface area contributed by atoms with Crippen molar-refractivity contribution in [2.75, 3.05) is 0 Å². The first kappa shape index (κ1) is 31.8. The topological polar surface area (TPSA) is 95.8 Å². The summed E-state index contributed by atoms with van der Waals surface area (Å²) in [4.78, 5) is 18.2. The lowest BCUT2D eigenvalue weighted by atomic mass is 9.77. The molecule has 0 atom stereocenters. The Kier molecular flexibility index (Phi) is 8.59. The lowest BCUT2D eigenvalue weighted by Crippen LogP contribution is -2.39. The van der Waals surface area contributed by atoms with E-state index in [1.165, 1.54) is 4.52 Å². The molecule has 0 unspecified atom stereocenters. The third kappa shape index (κ3) is 5.72. The average molecular weight is 669 g/mol. The minimum Gasteiger partial charge on any atom is -0.275 e. The van der Waals surface area contributed by atoms with Crippen LogP contribution in [0.25, 0.3) is 28.2 Å². The van der Waals surface area contributed by atoms with Gasteiger partial charge in [-0.25, -0.2) is 14.5 Å². The summed E-state index contributed by atoms with van der Waals surface area (Å²) in [6, 6.07) is 49.5. The summed E-state index contributed by atoms with van der Waals surface area (Å²) in [6.45, 7) is 2.54. The van der Waals surface area contributed by atoms with Gasteiger partial charge in [-0.05, 0) is 50.2 Å². The van der Waals surface area contributed by atoms with Crippen LogP contribution in [-0.4, -0.2) is 39.4 Å². The van der Waals surface area contributed by atoms with Crippen LogP contribution in [0.5, 0.6) is 0 Å². The highest BCUT2D eigenvalue weighted by Gasteiger charge is 2.42. The number of nitrogens with zero attached hydrogens (tertiary/aromatic N) is 8. The van der Waals surface area contributed by atoms with Crippen LogP contribution < -0.4 is 5.69 Å². The predicted octanol–water partition coefficient (Wildman–Crippen LogP) is 7.44. The van der Waals surface area contributed by atoms with Gasteiger partial charge in [-0.15, -0.1) is 5.10 Å². The molecule has 9 nitrogen and oxygen atoms in total. The van der Waals surface area contributed by atoms with Crippen LogP contribution in [0.4, 0.5) is 0 Å². The van der Waals surface area contributed by atoms with Crippen LogP contribution in [0.2, 0.25) is 0 Å². The third-order valence-electron chi connectivity index (χ3n) is 9.48.